The van der Waals surface area contributed by atoms with Crippen LogP contribution in [0.15, 0.2) is 23.1 Å². The predicted octanol–water partition coefficient (Wildman–Crippen LogP) is 3.26. The van der Waals surface area contributed by atoms with Gasteiger partial charge in [-0.05, 0) is 37.8 Å². The molecule has 2 aromatic heterocycles. The fourth-order valence-corrected chi connectivity index (χ4v) is 3.84. The molecule has 2 aromatic rings. The zero-order valence-corrected chi connectivity index (χ0v) is 16.2. The zero-order valence-electron chi connectivity index (χ0n) is 15.5. The summed E-state index contributed by atoms with van der Waals surface area (Å²) in [5.74, 6) is -1.87. The van der Waals surface area contributed by atoms with Crippen LogP contribution < -0.4 is 16.6 Å². The lowest BCUT2D eigenvalue weighted by Crippen LogP contribution is -2.30. The van der Waals surface area contributed by atoms with Crippen molar-refractivity contribution < 1.29 is 18.0 Å². The predicted molar refractivity (Wildman–Crippen MR) is 101 cm³/mol. The molecule has 29 heavy (non-hydrogen) atoms. The molecule has 0 atom stereocenters. The lowest BCUT2D eigenvalue weighted by molar-refractivity contribution is -0.182. The topological polar surface area (TPSA) is 103 Å². The molecule has 0 aromatic carbocycles. The third kappa shape index (κ3) is 4.21. The summed E-state index contributed by atoms with van der Waals surface area (Å²) in [5, 5.41) is 2.69. The van der Waals surface area contributed by atoms with Crippen LogP contribution >= 0.6 is 11.6 Å². The minimum absolute atomic E-state index is 0.0413. The van der Waals surface area contributed by atoms with E-state index in [-0.39, 0.29) is 48.1 Å². The summed E-state index contributed by atoms with van der Waals surface area (Å²) in [6, 6.07) is 2.97. The Morgan fingerprint density at radius 2 is 1.93 bits per heavy atom. The number of aromatic nitrogens is 3. The standard InChI is InChI=1S/C18H19ClF3N5O2/c1-24-16-13(19)17(29)26-15(9-2-4-10(5-3-9)18(20,21)22)27(16)11-6-7-12(14(23)28)25-8-11/h6-10,24H,2-5H2,1H3,(H2,23,28)/t9-,10+. The van der Waals surface area contributed by atoms with Crippen LogP contribution in [0, 0.1) is 5.92 Å². The van der Waals surface area contributed by atoms with Crippen molar-refractivity contribution in [3.63, 3.8) is 0 Å². The number of primary amides is 1. The number of nitrogens with two attached hydrogens (primary N) is 1. The summed E-state index contributed by atoms with van der Waals surface area (Å²) in [4.78, 5) is 31.6. The minimum Gasteiger partial charge on any atom is -0.373 e. The van der Waals surface area contributed by atoms with Crippen LogP contribution in [0.1, 0.15) is 47.9 Å². The molecule has 0 aliphatic heterocycles. The number of hydrogen-bond acceptors (Lipinski definition) is 5. The molecule has 0 radical (unpaired) electrons. The van der Waals surface area contributed by atoms with E-state index in [4.69, 9.17) is 17.3 Å². The lowest BCUT2D eigenvalue weighted by Gasteiger charge is -2.31. The number of hydrogen-bond donors (Lipinski definition) is 2. The molecule has 0 bridgehead atoms. The van der Waals surface area contributed by atoms with Gasteiger partial charge in [-0.3, -0.25) is 14.2 Å². The highest BCUT2D eigenvalue weighted by molar-refractivity contribution is 6.32. The van der Waals surface area contributed by atoms with E-state index in [1.54, 1.807) is 17.7 Å². The quantitative estimate of drug-likeness (QED) is 0.776. The summed E-state index contributed by atoms with van der Waals surface area (Å²) in [5.41, 5.74) is 5.04. The summed E-state index contributed by atoms with van der Waals surface area (Å²) >= 11 is 6.12. The van der Waals surface area contributed by atoms with Crippen LogP contribution in [0.4, 0.5) is 19.0 Å². The second-order valence-corrected chi connectivity index (χ2v) is 7.26. The average Bonchev–Trinajstić information content (AvgIpc) is 2.69. The normalized spacial score (nSPS) is 19.8. The van der Waals surface area contributed by atoms with Crippen LogP contribution in [0.3, 0.4) is 0 Å². The van der Waals surface area contributed by atoms with Gasteiger partial charge in [-0.25, -0.2) is 4.98 Å². The minimum atomic E-state index is -4.23. The van der Waals surface area contributed by atoms with Gasteiger partial charge in [-0.15, -0.1) is 0 Å². The van der Waals surface area contributed by atoms with E-state index in [9.17, 15) is 22.8 Å². The van der Waals surface area contributed by atoms with Crippen molar-refractivity contribution in [2.75, 3.05) is 12.4 Å². The monoisotopic (exact) mass is 429 g/mol. The van der Waals surface area contributed by atoms with Gasteiger partial charge in [0.05, 0.1) is 17.8 Å². The molecular weight excluding hydrogens is 411 g/mol. The number of halogens is 4. The van der Waals surface area contributed by atoms with Crippen molar-refractivity contribution >= 4 is 23.3 Å². The largest absolute Gasteiger partial charge is 0.391 e. The van der Waals surface area contributed by atoms with Crippen molar-refractivity contribution in [1.29, 1.82) is 0 Å². The van der Waals surface area contributed by atoms with E-state index >= 15 is 0 Å². The molecule has 156 valence electrons. The van der Waals surface area contributed by atoms with Crippen molar-refractivity contribution in [2.24, 2.45) is 11.7 Å². The Labute approximate surface area is 169 Å². The van der Waals surface area contributed by atoms with E-state index in [1.165, 1.54) is 12.3 Å². The number of anilines is 1. The molecule has 11 heteroatoms. The lowest BCUT2D eigenvalue weighted by atomic mass is 9.81. The Kier molecular flexibility index (Phi) is 5.83. The molecular formula is C18H19ClF3N5O2. The summed E-state index contributed by atoms with van der Waals surface area (Å²) < 4.78 is 40.6. The van der Waals surface area contributed by atoms with Crippen LogP contribution in [0.2, 0.25) is 5.02 Å². The van der Waals surface area contributed by atoms with Crippen LogP contribution in [-0.2, 0) is 0 Å². The number of nitrogens with one attached hydrogen (secondary N) is 1. The first-order valence-electron chi connectivity index (χ1n) is 8.96. The summed E-state index contributed by atoms with van der Waals surface area (Å²) in [7, 11) is 1.56. The molecule has 1 aliphatic rings. The maximum Gasteiger partial charge on any atom is 0.391 e. The molecule has 0 saturated heterocycles. The van der Waals surface area contributed by atoms with Crippen LogP contribution in [0.25, 0.3) is 5.69 Å². The van der Waals surface area contributed by atoms with E-state index in [2.05, 4.69) is 15.3 Å². The third-order valence-corrected chi connectivity index (χ3v) is 5.46. The van der Waals surface area contributed by atoms with Gasteiger partial charge in [-0.1, -0.05) is 11.6 Å². The highest BCUT2D eigenvalue weighted by Gasteiger charge is 2.42. The number of amides is 1. The number of rotatable bonds is 4. The maximum atomic E-state index is 13.0. The van der Waals surface area contributed by atoms with Crippen molar-refractivity contribution in [2.45, 2.75) is 37.8 Å². The zero-order chi connectivity index (χ0) is 21.3. The fraction of sp³-hybridized carbons (Fsp3) is 0.444. The first-order chi connectivity index (χ1) is 13.6. The molecule has 0 spiro atoms. The van der Waals surface area contributed by atoms with Crippen molar-refractivity contribution in [3.8, 4) is 5.69 Å². The van der Waals surface area contributed by atoms with E-state index in [1.807, 2.05) is 0 Å². The SMILES string of the molecule is CNc1c(Cl)c(=O)nc([C@H]2CC[C@@H](C(F)(F)F)CC2)n1-c1ccc(C(N)=O)nc1. The van der Waals surface area contributed by atoms with Gasteiger partial charge in [0.2, 0.25) is 0 Å². The van der Waals surface area contributed by atoms with Crippen LogP contribution in [0.5, 0.6) is 0 Å². The highest BCUT2D eigenvalue weighted by atomic mass is 35.5. The van der Waals surface area contributed by atoms with E-state index in [0.717, 1.165) is 0 Å². The summed E-state index contributed by atoms with van der Waals surface area (Å²) in [6.45, 7) is 0. The van der Waals surface area contributed by atoms with Gasteiger partial charge >= 0.3 is 6.18 Å². The van der Waals surface area contributed by atoms with E-state index in [0.29, 0.717) is 11.5 Å². The number of alkyl halides is 3. The van der Waals surface area contributed by atoms with Gasteiger partial charge in [0.15, 0.2) is 0 Å². The Hall–Kier alpha value is -2.62. The fourth-order valence-electron chi connectivity index (χ4n) is 3.62. The highest BCUT2D eigenvalue weighted by Crippen LogP contribution is 2.43. The van der Waals surface area contributed by atoms with Crippen LogP contribution in [-0.4, -0.2) is 33.7 Å². The van der Waals surface area contributed by atoms with Gasteiger partial charge in [0, 0.05) is 13.0 Å². The molecule has 7 nitrogen and oxygen atoms in total. The molecule has 3 N–H and O–H groups in total. The molecule has 1 saturated carbocycles. The number of carbonyl (C=O) groups excluding carboxylic acids is 1. The number of nitrogens with zero attached hydrogens (tertiary/aromatic N) is 3. The van der Waals surface area contributed by atoms with Gasteiger partial charge in [0.25, 0.3) is 11.5 Å². The maximum absolute atomic E-state index is 13.0. The number of pyridine rings is 1. The Bertz CT molecular complexity index is 967. The van der Waals surface area contributed by atoms with Crippen molar-refractivity contribution in [1.82, 2.24) is 14.5 Å². The smallest absolute Gasteiger partial charge is 0.373 e. The number of carbonyl (C=O) groups is 1. The van der Waals surface area contributed by atoms with Gasteiger partial charge in [-0.2, -0.15) is 18.2 Å². The molecule has 3 rings (SSSR count). The second-order valence-electron chi connectivity index (χ2n) is 6.88. The van der Waals surface area contributed by atoms with Crippen molar-refractivity contribution in [3.05, 3.63) is 45.2 Å². The van der Waals surface area contributed by atoms with E-state index < -0.39 is 23.6 Å². The van der Waals surface area contributed by atoms with Gasteiger partial charge in [0.1, 0.15) is 22.4 Å². The Balaban J connectivity index is 2.07. The molecule has 0 unspecified atom stereocenters. The Morgan fingerprint density at radius 1 is 1.28 bits per heavy atom. The molecule has 1 aliphatic carbocycles. The Morgan fingerprint density at radius 3 is 2.41 bits per heavy atom. The second kappa shape index (κ2) is 8.02. The summed E-state index contributed by atoms with van der Waals surface area (Å²) in [6.07, 6.45) is -2.49. The molecule has 1 amide bonds. The molecule has 2 heterocycles. The van der Waals surface area contributed by atoms with Gasteiger partial charge < -0.3 is 11.1 Å². The first-order valence-corrected chi connectivity index (χ1v) is 9.34. The molecule has 1 fully saturated rings. The average molecular weight is 430 g/mol. The third-order valence-electron chi connectivity index (χ3n) is 5.12. The first kappa shape index (κ1) is 21.1.